The molecule has 0 fully saturated rings. The quantitative estimate of drug-likeness (QED) is 0.626. The predicted octanol–water partition coefficient (Wildman–Crippen LogP) is 1.24. The molecule has 0 amide bonds. The number of hydrogen-bond acceptors (Lipinski definition) is 2. The first kappa shape index (κ1) is 7.43. The summed E-state index contributed by atoms with van der Waals surface area (Å²) >= 11 is 0. The Morgan fingerprint density at radius 1 is 1.17 bits per heavy atom. The lowest BCUT2D eigenvalue weighted by Crippen LogP contribution is -2.15. The molecule has 12 heavy (non-hydrogen) atoms. The van der Waals surface area contributed by atoms with Gasteiger partial charge in [0.1, 0.15) is 13.2 Å². The van der Waals surface area contributed by atoms with Crippen molar-refractivity contribution in [2.24, 2.45) is 0 Å². The molecule has 0 atom stereocenters. The third-order valence-corrected chi connectivity index (χ3v) is 1.81. The fourth-order valence-corrected chi connectivity index (χ4v) is 1.20. The Bertz CT molecular complexity index is 286. The van der Waals surface area contributed by atoms with Crippen LogP contribution in [0.5, 0.6) is 11.5 Å². The number of nitrogens with one attached hydrogen (secondary N) is 1. The van der Waals surface area contributed by atoms with E-state index < -0.39 is 0 Å². The van der Waals surface area contributed by atoms with Crippen LogP contribution in [-0.4, -0.2) is 13.2 Å². The van der Waals surface area contributed by atoms with Crippen LogP contribution in [0.15, 0.2) is 18.2 Å². The topological polar surface area (TPSA) is 42.3 Å². The molecule has 0 aliphatic carbocycles. The van der Waals surface area contributed by atoms with Gasteiger partial charge in [-0.15, -0.1) is 0 Å². The van der Waals surface area contributed by atoms with Crippen LogP contribution >= 0.6 is 0 Å². The minimum atomic E-state index is 0.288. The minimum absolute atomic E-state index is 0.288. The average molecular weight is 164 g/mol. The number of rotatable bonds is 1. The van der Waals surface area contributed by atoms with Gasteiger partial charge in [-0.25, -0.2) is 0 Å². The summed E-state index contributed by atoms with van der Waals surface area (Å²) in [5.74, 6) is 1.56. The van der Waals surface area contributed by atoms with Gasteiger partial charge in [-0.3, -0.25) is 5.73 Å². The second kappa shape index (κ2) is 3.03. The Morgan fingerprint density at radius 2 is 1.92 bits per heavy atom. The SMILES string of the molecule is [NH]Cc1ccc2c(c1)OCCO2. The lowest BCUT2D eigenvalue weighted by atomic mass is 10.2. The maximum atomic E-state index is 7.16. The van der Waals surface area contributed by atoms with Gasteiger partial charge in [-0.2, -0.15) is 0 Å². The van der Waals surface area contributed by atoms with E-state index in [1.165, 1.54) is 0 Å². The van der Waals surface area contributed by atoms with Gasteiger partial charge in [0.15, 0.2) is 11.5 Å². The molecule has 3 heteroatoms. The van der Waals surface area contributed by atoms with Crippen LogP contribution in [0.3, 0.4) is 0 Å². The zero-order valence-corrected chi connectivity index (χ0v) is 6.67. The van der Waals surface area contributed by atoms with Gasteiger partial charge < -0.3 is 9.47 Å². The first-order valence-corrected chi connectivity index (χ1v) is 3.93. The average Bonchev–Trinajstić information content (AvgIpc) is 2.17. The maximum Gasteiger partial charge on any atom is 0.161 e. The summed E-state index contributed by atoms with van der Waals surface area (Å²) in [6, 6.07) is 5.61. The zero-order chi connectivity index (χ0) is 8.39. The first-order valence-electron chi connectivity index (χ1n) is 3.93. The van der Waals surface area contributed by atoms with Crippen molar-refractivity contribution in [1.82, 2.24) is 5.73 Å². The third kappa shape index (κ3) is 1.23. The summed E-state index contributed by atoms with van der Waals surface area (Å²) < 4.78 is 10.7. The summed E-state index contributed by atoms with van der Waals surface area (Å²) in [6.45, 7) is 1.51. The van der Waals surface area contributed by atoms with Crippen molar-refractivity contribution in [3.05, 3.63) is 23.8 Å². The van der Waals surface area contributed by atoms with Gasteiger partial charge >= 0.3 is 0 Å². The molecule has 0 saturated carbocycles. The van der Waals surface area contributed by atoms with Crippen molar-refractivity contribution in [2.75, 3.05) is 13.2 Å². The van der Waals surface area contributed by atoms with Crippen molar-refractivity contribution < 1.29 is 9.47 Å². The van der Waals surface area contributed by atoms with Crippen LogP contribution in [0.1, 0.15) is 5.56 Å². The minimum Gasteiger partial charge on any atom is -0.486 e. The molecule has 0 spiro atoms. The summed E-state index contributed by atoms with van der Waals surface area (Å²) in [5, 5.41) is 0. The Labute approximate surface area is 71.1 Å². The molecule has 1 aromatic carbocycles. The highest BCUT2D eigenvalue weighted by atomic mass is 16.6. The normalized spacial score (nSPS) is 14.4. The molecule has 1 aliphatic rings. The number of hydrogen-bond donors (Lipinski definition) is 0. The van der Waals surface area contributed by atoms with Crippen LogP contribution in [0.4, 0.5) is 0 Å². The monoisotopic (exact) mass is 164 g/mol. The number of ether oxygens (including phenoxy) is 2. The maximum absolute atomic E-state index is 7.16. The molecule has 0 aromatic heterocycles. The Balaban J connectivity index is 2.36. The fourth-order valence-electron chi connectivity index (χ4n) is 1.20. The molecular weight excluding hydrogens is 154 g/mol. The summed E-state index contributed by atoms with van der Waals surface area (Å²) in [4.78, 5) is 0. The fraction of sp³-hybridized carbons (Fsp3) is 0.333. The van der Waals surface area contributed by atoms with Crippen molar-refractivity contribution in [3.8, 4) is 11.5 Å². The van der Waals surface area contributed by atoms with Gasteiger partial charge in [0.2, 0.25) is 0 Å². The predicted molar refractivity (Wildman–Crippen MR) is 44.2 cm³/mol. The summed E-state index contributed by atoms with van der Waals surface area (Å²) in [6.07, 6.45) is 0. The van der Waals surface area contributed by atoms with Gasteiger partial charge in [0, 0.05) is 6.54 Å². The number of fused-ring (bicyclic) bond motifs is 1. The van der Waals surface area contributed by atoms with E-state index in [2.05, 4.69) is 0 Å². The van der Waals surface area contributed by atoms with Crippen LogP contribution in [0.25, 0.3) is 0 Å². The molecule has 1 aromatic rings. The van der Waals surface area contributed by atoms with E-state index >= 15 is 0 Å². The van der Waals surface area contributed by atoms with E-state index in [0.29, 0.717) is 13.2 Å². The van der Waals surface area contributed by atoms with Gasteiger partial charge in [0.05, 0.1) is 0 Å². The molecule has 0 bridgehead atoms. The van der Waals surface area contributed by atoms with Gasteiger partial charge in [0.25, 0.3) is 0 Å². The first-order chi connectivity index (χ1) is 5.90. The second-order valence-corrected chi connectivity index (χ2v) is 2.65. The Hall–Kier alpha value is -1.22. The molecule has 3 nitrogen and oxygen atoms in total. The largest absolute Gasteiger partial charge is 0.486 e. The molecule has 1 aliphatic heterocycles. The highest BCUT2D eigenvalue weighted by Crippen LogP contribution is 2.30. The van der Waals surface area contributed by atoms with E-state index in [4.69, 9.17) is 15.2 Å². The second-order valence-electron chi connectivity index (χ2n) is 2.65. The van der Waals surface area contributed by atoms with E-state index in [0.717, 1.165) is 17.1 Å². The van der Waals surface area contributed by atoms with Gasteiger partial charge in [-0.1, -0.05) is 6.07 Å². The number of benzene rings is 1. The van der Waals surface area contributed by atoms with Crippen molar-refractivity contribution >= 4 is 0 Å². The van der Waals surface area contributed by atoms with Crippen LogP contribution in [0.2, 0.25) is 0 Å². The Kier molecular flexibility index (Phi) is 1.87. The van der Waals surface area contributed by atoms with Crippen LogP contribution in [0, 0.1) is 0 Å². The van der Waals surface area contributed by atoms with Crippen molar-refractivity contribution in [1.29, 1.82) is 0 Å². The summed E-state index contributed by atoms with van der Waals surface area (Å²) in [7, 11) is 0. The highest BCUT2D eigenvalue weighted by Gasteiger charge is 2.10. The Morgan fingerprint density at radius 3 is 2.67 bits per heavy atom. The van der Waals surface area contributed by atoms with E-state index in [-0.39, 0.29) is 6.54 Å². The molecule has 63 valence electrons. The molecule has 1 N–H and O–H groups in total. The van der Waals surface area contributed by atoms with E-state index in [1.807, 2.05) is 18.2 Å². The lowest BCUT2D eigenvalue weighted by molar-refractivity contribution is 0.171. The summed E-state index contributed by atoms with van der Waals surface area (Å²) in [5.41, 5.74) is 8.12. The molecule has 2 rings (SSSR count). The van der Waals surface area contributed by atoms with Crippen LogP contribution in [-0.2, 0) is 6.54 Å². The molecule has 0 saturated heterocycles. The van der Waals surface area contributed by atoms with E-state index in [1.54, 1.807) is 0 Å². The lowest BCUT2D eigenvalue weighted by Gasteiger charge is -2.18. The molecule has 0 unspecified atom stereocenters. The van der Waals surface area contributed by atoms with Gasteiger partial charge in [-0.05, 0) is 17.7 Å². The highest BCUT2D eigenvalue weighted by molar-refractivity contribution is 5.43. The third-order valence-electron chi connectivity index (χ3n) is 1.81. The molecule has 1 radical (unpaired) electrons. The van der Waals surface area contributed by atoms with Crippen molar-refractivity contribution in [3.63, 3.8) is 0 Å². The molecular formula is C9H10NO2. The molecule has 1 heterocycles. The van der Waals surface area contributed by atoms with Crippen LogP contribution < -0.4 is 15.2 Å². The van der Waals surface area contributed by atoms with Crippen molar-refractivity contribution in [2.45, 2.75) is 6.54 Å². The zero-order valence-electron chi connectivity index (χ0n) is 6.67. The smallest absolute Gasteiger partial charge is 0.161 e. The standard InChI is InChI=1S/C9H10NO2/c10-6-7-1-2-8-9(5-7)12-4-3-11-8/h1-2,5,10H,3-4,6H2. The van der Waals surface area contributed by atoms with E-state index in [9.17, 15) is 0 Å².